The van der Waals surface area contributed by atoms with Gasteiger partial charge in [-0.05, 0) is 111 Å². The summed E-state index contributed by atoms with van der Waals surface area (Å²) >= 11 is 0. The number of rotatable bonds is 10. The highest BCUT2D eigenvalue weighted by atomic mass is 19.4. The zero-order valence-electron chi connectivity index (χ0n) is 28.8. The Morgan fingerprint density at radius 2 is 1.42 bits per heavy atom. The first-order chi connectivity index (χ1) is 25.7. The zero-order chi connectivity index (χ0) is 36.5. The molecule has 0 fully saturated rings. The molecule has 0 atom stereocenters. The molecule has 4 nitrogen and oxygen atoms in total. The van der Waals surface area contributed by atoms with Crippen molar-refractivity contribution in [1.29, 1.82) is 0 Å². The fraction of sp³-hybridized carbons (Fsp3) is 0.130. The molecule has 8 rings (SSSR count). The van der Waals surface area contributed by atoms with Crippen molar-refractivity contribution in [1.82, 2.24) is 4.98 Å². The number of hydrogen-bond donors (Lipinski definition) is 2. The average molecular weight is 705 g/mol. The zero-order valence-corrected chi connectivity index (χ0v) is 28.8. The standard InChI is InChI=1S/C46H35F3N2O2/c47-46(48,49)42-15-7-14-37-38(33-12-6-10-31(23-33)28-50-35-19-16-29(17-20-35)18-21-44(52)53)27-43(51-45(37)42)41-25-32(22-30-8-2-1-3-9-30)24-39-36-13-5-4-11-34(36)26-40(39)41/h1-17,19-20,23-25,27,50H,18,21-22,26,28H2,(H,52,53). The Kier molecular flexibility index (Phi) is 9.00. The van der Waals surface area contributed by atoms with Crippen molar-refractivity contribution in [2.75, 3.05) is 5.32 Å². The molecule has 0 unspecified atom stereocenters. The predicted octanol–water partition coefficient (Wildman–Crippen LogP) is 11.4. The van der Waals surface area contributed by atoms with Gasteiger partial charge in [0.2, 0.25) is 0 Å². The van der Waals surface area contributed by atoms with E-state index in [-0.39, 0.29) is 11.9 Å². The minimum Gasteiger partial charge on any atom is -0.481 e. The Morgan fingerprint density at radius 1 is 0.679 bits per heavy atom. The summed E-state index contributed by atoms with van der Waals surface area (Å²) < 4.78 is 43.9. The van der Waals surface area contributed by atoms with E-state index in [0.717, 1.165) is 61.8 Å². The number of nitrogens with zero attached hydrogens (tertiary/aromatic N) is 1. The van der Waals surface area contributed by atoms with Crippen LogP contribution in [0, 0.1) is 0 Å². The first-order valence-electron chi connectivity index (χ1n) is 17.6. The van der Waals surface area contributed by atoms with Gasteiger partial charge < -0.3 is 10.4 Å². The van der Waals surface area contributed by atoms with Gasteiger partial charge in [-0.3, -0.25) is 4.79 Å². The lowest BCUT2D eigenvalue weighted by atomic mass is 9.90. The van der Waals surface area contributed by atoms with E-state index < -0.39 is 17.7 Å². The number of para-hydroxylation sites is 1. The van der Waals surface area contributed by atoms with Crippen molar-refractivity contribution in [3.8, 4) is 33.5 Å². The molecule has 1 aromatic heterocycles. The molecule has 2 N–H and O–H groups in total. The first kappa shape index (κ1) is 33.9. The van der Waals surface area contributed by atoms with Crippen LogP contribution in [0.5, 0.6) is 0 Å². The number of benzene rings is 6. The topological polar surface area (TPSA) is 62.2 Å². The molecule has 0 aliphatic heterocycles. The summed E-state index contributed by atoms with van der Waals surface area (Å²) in [6.07, 6.45) is -2.71. The summed E-state index contributed by atoms with van der Waals surface area (Å²) in [5.41, 5.74) is 11.5. The average Bonchev–Trinajstić information content (AvgIpc) is 3.54. The molecule has 0 amide bonds. The highest BCUT2D eigenvalue weighted by Crippen LogP contribution is 2.45. The number of carboxylic acids is 1. The number of anilines is 1. The maximum atomic E-state index is 14.6. The Morgan fingerprint density at radius 3 is 2.21 bits per heavy atom. The van der Waals surface area contributed by atoms with E-state index in [4.69, 9.17) is 10.1 Å². The quantitative estimate of drug-likeness (QED) is 0.149. The molecular formula is C46H35F3N2O2. The number of aryl methyl sites for hydroxylation is 1. The lowest BCUT2D eigenvalue weighted by Crippen LogP contribution is -2.07. The summed E-state index contributed by atoms with van der Waals surface area (Å²) in [7, 11) is 0. The molecule has 0 spiro atoms. The van der Waals surface area contributed by atoms with Crippen LogP contribution in [0.3, 0.4) is 0 Å². The Balaban J connectivity index is 1.23. The predicted molar refractivity (Wildman–Crippen MR) is 205 cm³/mol. The molecule has 262 valence electrons. The molecule has 0 bridgehead atoms. The van der Waals surface area contributed by atoms with E-state index in [1.807, 2.05) is 84.9 Å². The summed E-state index contributed by atoms with van der Waals surface area (Å²) in [5.74, 6) is -0.832. The third-order valence-corrected chi connectivity index (χ3v) is 9.97. The van der Waals surface area contributed by atoms with E-state index in [0.29, 0.717) is 42.5 Å². The minimum absolute atomic E-state index is 0.0725. The number of aliphatic carboxylic acids is 1. The molecule has 1 aliphatic rings. The van der Waals surface area contributed by atoms with Crippen LogP contribution >= 0.6 is 0 Å². The number of hydrogen-bond acceptors (Lipinski definition) is 3. The fourth-order valence-electron chi connectivity index (χ4n) is 7.40. The van der Waals surface area contributed by atoms with E-state index in [2.05, 4.69) is 41.7 Å². The Hall–Kier alpha value is -6.21. The van der Waals surface area contributed by atoms with Crippen molar-refractivity contribution in [3.63, 3.8) is 0 Å². The molecule has 6 aromatic carbocycles. The van der Waals surface area contributed by atoms with Crippen LogP contribution in [0.1, 0.15) is 45.4 Å². The number of carbonyl (C=O) groups is 1. The summed E-state index contributed by atoms with van der Waals surface area (Å²) in [6, 6.07) is 44.6. The molecule has 7 aromatic rings. The van der Waals surface area contributed by atoms with Gasteiger partial charge in [-0.25, -0.2) is 4.98 Å². The molecular weight excluding hydrogens is 670 g/mol. The van der Waals surface area contributed by atoms with E-state index in [9.17, 15) is 18.0 Å². The van der Waals surface area contributed by atoms with Crippen molar-refractivity contribution in [2.24, 2.45) is 0 Å². The van der Waals surface area contributed by atoms with Crippen LogP contribution < -0.4 is 5.32 Å². The van der Waals surface area contributed by atoms with E-state index in [1.54, 1.807) is 6.07 Å². The van der Waals surface area contributed by atoms with Crippen LogP contribution in [0.25, 0.3) is 44.4 Å². The third kappa shape index (κ3) is 7.15. The summed E-state index contributed by atoms with van der Waals surface area (Å²) in [4.78, 5) is 15.8. The number of nitrogens with one attached hydrogen (secondary N) is 1. The maximum Gasteiger partial charge on any atom is 0.418 e. The SMILES string of the molecule is O=C(O)CCc1ccc(NCc2cccc(-c3cc(-c4cc(Cc5ccccc5)cc5c4Cc4ccccc4-5)nc4c(C(F)(F)F)cccc34)c2)cc1. The van der Waals surface area contributed by atoms with Crippen LogP contribution in [-0.4, -0.2) is 16.1 Å². The van der Waals surface area contributed by atoms with E-state index >= 15 is 0 Å². The van der Waals surface area contributed by atoms with Gasteiger partial charge in [0.25, 0.3) is 0 Å². The molecule has 1 aliphatic carbocycles. The number of carboxylic acid groups (broad SMARTS) is 1. The fourth-order valence-corrected chi connectivity index (χ4v) is 7.40. The van der Waals surface area contributed by atoms with Gasteiger partial charge in [0.15, 0.2) is 0 Å². The summed E-state index contributed by atoms with van der Waals surface area (Å²) in [6.45, 7) is 0.485. The molecule has 7 heteroatoms. The van der Waals surface area contributed by atoms with Gasteiger partial charge in [0.05, 0.1) is 16.8 Å². The van der Waals surface area contributed by atoms with Crippen molar-refractivity contribution >= 4 is 22.6 Å². The number of aromatic nitrogens is 1. The van der Waals surface area contributed by atoms with Crippen LogP contribution in [-0.2, 0) is 36.8 Å². The molecule has 1 heterocycles. The highest BCUT2D eigenvalue weighted by molar-refractivity contribution is 5.99. The third-order valence-electron chi connectivity index (χ3n) is 9.97. The number of halogens is 3. The van der Waals surface area contributed by atoms with Gasteiger partial charge in [0, 0.05) is 29.6 Å². The van der Waals surface area contributed by atoms with Gasteiger partial charge in [0.1, 0.15) is 0 Å². The van der Waals surface area contributed by atoms with Crippen LogP contribution in [0.2, 0.25) is 0 Å². The maximum absolute atomic E-state index is 14.6. The molecule has 0 saturated heterocycles. The second kappa shape index (κ2) is 14.1. The highest BCUT2D eigenvalue weighted by Gasteiger charge is 2.34. The Labute approximate surface area is 305 Å². The molecule has 0 radical (unpaired) electrons. The van der Waals surface area contributed by atoms with Gasteiger partial charge in [-0.2, -0.15) is 13.2 Å². The monoisotopic (exact) mass is 704 g/mol. The second-order valence-electron chi connectivity index (χ2n) is 13.6. The first-order valence-corrected chi connectivity index (χ1v) is 17.6. The smallest absolute Gasteiger partial charge is 0.418 e. The van der Waals surface area contributed by atoms with Crippen LogP contribution in [0.15, 0.2) is 140 Å². The second-order valence-corrected chi connectivity index (χ2v) is 13.6. The van der Waals surface area contributed by atoms with E-state index in [1.165, 1.54) is 11.6 Å². The molecule has 53 heavy (non-hydrogen) atoms. The van der Waals surface area contributed by atoms with Crippen molar-refractivity contribution in [3.05, 3.63) is 178 Å². The normalized spacial score (nSPS) is 12.1. The van der Waals surface area contributed by atoms with Gasteiger partial charge in [-0.15, -0.1) is 0 Å². The van der Waals surface area contributed by atoms with Crippen molar-refractivity contribution in [2.45, 2.75) is 38.4 Å². The van der Waals surface area contributed by atoms with Crippen molar-refractivity contribution < 1.29 is 23.1 Å². The van der Waals surface area contributed by atoms with Crippen LogP contribution in [0.4, 0.5) is 18.9 Å². The number of fused-ring (bicyclic) bond motifs is 4. The minimum atomic E-state index is -4.59. The number of alkyl halides is 3. The Bertz CT molecular complexity index is 2470. The lowest BCUT2D eigenvalue weighted by molar-refractivity contribution is -0.137. The van der Waals surface area contributed by atoms with Gasteiger partial charge in [-0.1, -0.05) is 103 Å². The number of pyridine rings is 1. The van der Waals surface area contributed by atoms with Gasteiger partial charge >= 0.3 is 12.1 Å². The summed E-state index contributed by atoms with van der Waals surface area (Å²) in [5, 5.41) is 12.8. The largest absolute Gasteiger partial charge is 0.481 e. The molecule has 0 saturated carbocycles. The lowest BCUT2D eigenvalue weighted by Gasteiger charge is -2.18.